The summed E-state index contributed by atoms with van der Waals surface area (Å²) in [6.07, 6.45) is 1.76. The van der Waals surface area contributed by atoms with Crippen LogP contribution < -0.4 is 20.3 Å². The highest BCUT2D eigenvalue weighted by Gasteiger charge is 2.42. The number of thiocarbonyl (C=S) groups is 1. The van der Waals surface area contributed by atoms with Gasteiger partial charge in [0.2, 0.25) is 0 Å². The standard InChI is InChI=1S/C35H31N5O4S/c1-22-19-29(23(2)39(22)27-10-8-9-24(20-27)34(42)43)33-32(30-13-6-7-18-36-30)38-35(45)40(33)26-16-14-25(15-17-26)37-31(41)21-44-28-11-4-3-5-12-28/h3-20,32-33H,21H2,1-2H3,(H,37,41)(H,38,45)(H,42,43)/t32-,33-/m0/s1. The van der Waals surface area contributed by atoms with Crippen LogP contribution in [0.4, 0.5) is 11.4 Å². The fourth-order valence-corrected chi connectivity index (χ4v) is 6.13. The molecule has 10 heteroatoms. The molecule has 0 aliphatic carbocycles. The van der Waals surface area contributed by atoms with Crippen molar-refractivity contribution in [3.63, 3.8) is 0 Å². The van der Waals surface area contributed by atoms with Crippen molar-refractivity contribution in [3.8, 4) is 11.4 Å². The van der Waals surface area contributed by atoms with Crippen molar-refractivity contribution in [2.75, 3.05) is 16.8 Å². The van der Waals surface area contributed by atoms with E-state index in [1.54, 1.807) is 36.5 Å². The number of carboxylic acids is 1. The summed E-state index contributed by atoms with van der Waals surface area (Å²) in [4.78, 5) is 31.0. The Morgan fingerprint density at radius 2 is 1.69 bits per heavy atom. The molecule has 6 rings (SSSR count). The summed E-state index contributed by atoms with van der Waals surface area (Å²) < 4.78 is 7.63. The van der Waals surface area contributed by atoms with Gasteiger partial charge in [-0.05, 0) is 104 Å². The van der Waals surface area contributed by atoms with Crippen LogP contribution in [0.25, 0.3) is 5.69 Å². The quantitative estimate of drug-likeness (QED) is 0.164. The SMILES string of the molecule is Cc1cc([C@H]2[C@H](c3ccccn3)NC(=S)N2c2ccc(NC(=O)COc3ccccc3)cc2)c(C)n1-c1cccc(C(=O)O)c1. The molecule has 2 aromatic heterocycles. The number of rotatable bonds is 9. The van der Waals surface area contributed by atoms with Crippen molar-refractivity contribution in [1.29, 1.82) is 0 Å². The summed E-state index contributed by atoms with van der Waals surface area (Å²) in [6, 6.07) is 31.0. The largest absolute Gasteiger partial charge is 0.484 e. The molecule has 9 nitrogen and oxygen atoms in total. The number of nitrogens with zero attached hydrogens (tertiary/aromatic N) is 3. The second kappa shape index (κ2) is 12.6. The number of aryl methyl sites for hydroxylation is 1. The molecule has 0 radical (unpaired) electrons. The number of hydrogen-bond donors (Lipinski definition) is 3. The maximum absolute atomic E-state index is 12.5. The summed E-state index contributed by atoms with van der Waals surface area (Å²) >= 11 is 5.91. The molecule has 0 spiro atoms. The lowest BCUT2D eigenvalue weighted by Crippen LogP contribution is -2.29. The number of aromatic nitrogens is 2. The number of carboxylic acid groups (broad SMARTS) is 1. The lowest BCUT2D eigenvalue weighted by atomic mass is 9.96. The lowest BCUT2D eigenvalue weighted by Gasteiger charge is -2.28. The van der Waals surface area contributed by atoms with E-state index in [4.69, 9.17) is 17.0 Å². The van der Waals surface area contributed by atoms with Crippen LogP contribution in [0.3, 0.4) is 0 Å². The molecule has 1 saturated heterocycles. The van der Waals surface area contributed by atoms with Gasteiger partial charge < -0.3 is 29.9 Å². The Balaban J connectivity index is 1.32. The number of pyridine rings is 1. The molecule has 1 aliphatic rings. The highest BCUT2D eigenvalue weighted by Crippen LogP contribution is 2.44. The number of anilines is 2. The average molecular weight is 618 g/mol. The van der Waals surface area contributed by atoms with Crippen LogP contribution in [-0.4, -0.2) is 38.3 Å². The van der Waals surface area contributed by atoms with Crippen LogP contribution in [0.2, 0.25) is 0 Å². The van der Waals surface area contributed by atoms with E-state index in [0.29, 0.717) is 16.5 Å². The number of aromatic carboxylic acids is 1. The Bertz CT molecular complexity index is 1860. The first-order valence-electron chi connectivity index (χ1n) is 14.4. The fraction of sp³-hybridized carbons (Fsp3) is 0.143. The van der Waals surface area contributed by atoms with Gasteiger partial charge in [-0.2, -0.15) is 0 Å². The first-order valence-corrected chi connectivity index (χ1v) is 14.8. The van der Waals surface area contributed by atoms with Crippen molar-refractivity contribution in [2.45, 2.75) is 25.9 Å². The van der Waals surface area contributed by atoms with Gasteiger partial charge in [0, 0.05) is 34.6 Å². The number of carbonyl (C=O) groups excluding carboxylic acids is 1. The second-order valence-corrected chi connectivity index (χ2v) is 11.1. The number of carbonyl (C=O) groups is 2. The number of hydrogen-bond acceptors (Lipinski definition) is 5. The van der Waals surface area contributed by atoms with E-state index in [1.807, 2.05) is 80.6 Å². The molecular weight excluding hydrogens is 586 g/mol. The predicted molar refractivity (Wildman–Crippen MR) is 177 cm³/mol. The summed E-state index contributed by atoms with van der Waals surface area (Å²) in [5, 5.41) is 16.5. The van der Waals surface area contributed by atoms with Gasteiger partial charge in [0.05, 0.1) is 23.3 Å². The van der Waals surface area contributed by atoms with E-state index < -0.39 is 5.97 Å². The van der Waals surface area contributed by atoms with Crippen molar-refractivity contribution >= 4 is 40.6 Å². The minimum Gasteiger partial charge on any atom is -0.484 e. The zero-order valence-corrected chi connectivity index (χ0v) is 25.5. The van der Waals surface area contributed by atoms with Crippen LogP contribution in [0, 0.1) is 13.8 Å². The average Bonchev–Trinajstić information content (AvgIpc) is 3.55. The number of benzene rings is 3. The highest BCUT2D eigenvalue weighted by atomic mass is 32.1. The van der Waals surface area contributed by atoms with Crippen LogP contribution in [-0.2, 0) is 4.79 Å². The molecule has 0 unspecified atom stereocenters. The summed E-state index contributed by atoms with van der Waals surface area (Å²) in [7, 11) is 0. The molecule has 0 bridgehead atoms. The van der Waals surface area contributed by atoms with Gasteiger partial charge in [0.15, 0.2) is 11.7 Å². The second-order valence-electron chi connectivity index (χ2n) is 10.7. The normalized spacial score (nSPS) is 15.9. The van der Waals surface area contributed by atoms with Crippen molar-refractivity contribution in [3.05, 3.63) is 138 Å². The summed E-state index contributed by atoms with van der Waals surface area (Å²) in [5.74, 6) is -0.618. The molecule has 45 heavy (non-hydrogen) atoms. The fourth-order valence-electron chi connectivity index (χ4n) is 5.78. The smallest absolute Gasteiger partial charge is 0.335 e. The summed E-state index contributed by atoms with van der Waals surface area (Å²) in [5.41, 5.74) is 6.23. The minimum atomic E-state index is -0.977. The maximum Gasteiger partial charge on any atom is 0.335 e. The lowest BCUT2D eigenvalue weighted by molar-refractivity contribution is -0.118. The monoisotopic (exact) mass is 617 g/mol. The van der Waals surface area contributed by atoms with E-state index >= 15 is 0 Å². The van der Waals surface area contributed by atoms with Gasteiger partial charge >= 0.3 is 5.97 Å². The van der Waals surface area contributed by atoms with E-state index in [2.05, 4.69) is 31.2 Å². The molecule has 1 amide bonds. The van der Waals surface area contributed by atoms with Crippen LogP contribution in [0.15, 0.2) is 109 Å². The third-order valence-electron chi connectivity index (χ3n) is 7.78. The number of amides is 1. The first kappa shape index (κ1) is 29.6. The number of para-hydroxylation sites is 1. The molecule has 226 valence electrons. The Kier molecular flexibility index (Phi) is 8.30. The van der Waals surface area contributed by atoms with Crippen molar-refractivity contribution in [2.24, 2.45) is 0 Å². The van der Waals surface area contributed by atoms with E-state index in [1.165, 1.54) is 0 Å². The Labute approximate surface area is 266 Å². The molecule has 2 atom stereocenters. The van der Waals surface area contributed by atoms with Gasteiger partial charge in [-0.15, -0.1) is 0 Å². The Morgan fingerprint density at radius 3 is 2.40 bits per heavy atom. The van der Waals surface area contributed by atoms with Gasteiger partial charge in [0.1, 0.15) is 5.75 Å². The third-order valence-corrected chi connectivity index (χ3v) is 8.10. The van der Waals surface area contributed by atoms with E-state index in [-0.39, 0.29) is 30.2 Å². The van der Waals surface area contributed by atoms with E-state index in [0.717, 1.165) is 34.0 Å². The molecule has 0 saturated carbocycles. The highest BCUT2D eigenvalue weighted by molar-refractivity contribution is 7.80. The van der Waals surface area contributed by atoms with Gasteiger partial charge in [-0.3, -0.25) is 9.78 Å². The zero-order valence-electron chi connectivity index (χ0n) is 24.7. The molecule has 3 aromatic carbocycles. The number of ether oxygens (including phenoxy) is 1. The molecular formula is C35H31N5O4S. The molecule has 3 heterocycles. The van der Waals surface area contributed by atoms with Gasteiger partial charge in [-0.25, -0.2) is 4.79 Å². The van der Waals surface area contributed by atoms with Gasteiger partial charge in [0.25, 0.3) is 5.91 Å². The molecule has 1 fully saturated rings. The Hall–Kier alpha value is -5.48. The van der Waals surface area contributed by atoms with Crippen molar-refractivity contribution < 1.29 is 19.4 Å². The molecule has 3 N–H and O–H groups in total. The van der Waals surface area contributed by atoms with Crippen LogP contribution in [0.1, 0.15) is 45.1 Å². The minimum absolute atomic E-state index is 0.106. The third kappa shape index (κ3) is 6.13. The first-order chi connectivity index (χ1) is 21.8. The topological polar surface area (TPSA) is 109 Å². The summed E-state index contributed by atoms with van der Waals surface area (Å²) in [6.45, 7) is 3.93. The van der Waals surface area contributed by atoms with Gasteiger partial charge in [-0.1, -0.05) is 30.3 Å². The molecule has 5 aromatic rings. The molecule has 1 aliphatic heterocycles. The van der Waals surface area contributed by atoms with Crippen LogP contribution in [0.5, 0.6) is 5.75 Å². The van der Waals surface area contributed by atoms with Crippen molar-refractivity contribution in [1.82, 2.24) is 14.9 Å². The van der Waals surface area contributed by atoms with E-state index in [9.17, 15) is 14.7 Å². The maximum atomic E-state index is 12.5. The Morgan fingerprint density at radius 1 is 0.933 bits per heavy atom. The number of nitrogens with one attached hydrogen (secondary N) is 2. The predicted octanol–water partition coefficient (Wildman–Crippen LogP) is 6.38. The van der Waals surface area contributed by atoms with Crippen LogP contribution >= 0.6 is 12.2 Å². The zero-order chi connectivity index (χ0) is 31.5.